The molecule has 5 nitrogen and oxygen atoms in total. The molecular weight excluding hydrogens is 538 g/mol. The zero-order chi connectivity index (χ0) is 29.6. The van der Waals surface area contributed by atoms with E-state index >= 15 is 0 Å². The first kappa shape index (κ1) is 25.9. The van der Waals surface area contributed by atoms with Crippen LogP contribution in [0.5, 0.6) is 0 Å². The molecule has 2 bridgehead atoms. The lowest BCUT2D eigenvalue weighted by atomic mass is 10.1. The van der Waals surface area contributed by atoms with Gasteiger partial charge in [0.15, 0.2) is 11.7 Å². The molecule has 6 aromatic rings. The molecule has 8 rings (SSSR count). The van der Waals surface area contributed by atoms with Crippen molar-refractivity contribution < 1.29 is 0 Å². The fourth-order valence-electron chi connectivity index (χ4n) is 6.66. The zero-order valence-corrected chi connectivity index (χ0v) is 24.1. The van der Waals surface area contributed by atoms with E-state index in [-0.39, 0.29) is 5.84 Å². The van der Waals surface area contributed by atoms with Gasteiger partial charge in [-0.15, -0.1) is 0 Å². The zero-order valence-electron chi connectivity index (χ0n) is 24.1. The molecule has 0 spiro atoms. The third-order valence-electron chi connectivity index (χ3n) is 8.60. The first-order valence-corrected chi connectivity index (χ1v) is 14.8. The summed E-state index contributed by atoms with van der Waals surface area (Å²) in [6, 6.07) is 39.6. The summed E-state index contributed by atoms with van der Waals surface area (Å²) in [6.45, 7) is 3.86. The molecule has 2 aliphatic heterocycles. The molecule has 0 radical (unpaired) electrons. The maximum atomic E-state index is 8.68. The summed E-state index contributed by atoms with van der Waals surface area (Å²) >= 11 is 0. The molecule has 2 aliphatic rings. The van der Waals surface area contributed by atoms with Gasteiger partial charge in [0.25, 0.3) is 0 Å². The Morgan fingerprint density at radius 3 is 2.34 bits per heavy atom. The van der Waals surface area contributed by atoms with Crippen LogP contribution in [0.4, 0.5) is 11.4 Å². The van der Waals surface area contributed by atoms with Crippen molar-refractivity contribution in [3.05, 3.63) is 161 Å². The molecule has 3 heterocycles. The van der Waals surface area contributed by atoms with Gasteiger partial charge in [0.05, 0.1) is 22.4 Å². The van der Waals surface area contributed by atoms with Crippen LogP contribution in [0.15, 0.2) is 149 Å². The summed E-state index contributed by atoms with van der Waals surface area (Å²) in [7, 11) is 0. The van der Waals surface area contributed by atoms with E-state index in [0.29, 0.717) is 5.84 Å². The van der Waals surface area contributed by atoms with Crippen molar-refractivity contribution in [1.82, 2.24) is 4.57 Å². The predicted molar refractivity (Wildman–Crippen MR) is 183 cm³/mol. The van der Waals surface area contributed by atoms with Crippen LogP contribution >= 0.6 is 0 Å². The van der Waals surface area contributed by atoms with E-state index in [1.54, 1.807) is 0 Å². The van der Waals surface area contributed by atoms with Crippen molar-refractivity contribution in [3.63, 3.8) is 0 Å². The number of nitrogens with one attached hydrogen (secondary N) is 1. The van der Waals surface area contributed by atoms with Gasteiger partial charge >= 0.3 is 0 Å². The van der Waals surface area contributed by atoms with E-state index in [4.69, 9.17) is 5.41 Å². The molecule has 1 aromatic heterocycles. The number of hydrogen-bond acceptors (Lipinski definition) is 2. The molecule has 5 heteroatoms. The van der Waals surface area contributed by atoms with Gasteiger partial charge in [-0.1, -0.05) is 97.1 Å². The SMILES string of the molecule is C=N/C(=N\C(=N)c1ccccc1)c1ccccc1N1/C2=C/C=C\Cc3ccccc3-n3c4ccccc4c4ccc1c(c43)C2. The van der Waals surface area contributed by atoms with E-state index in [1.165, 1.54) is 44.3 Å². The second kappa shape index (κ2) is 10.5. The number of aromatic nitrogens is 1. The molecule has 0 saturated carbocycles. The van der Waals surface area contributed by atoms with Gasteiger partial charge in [-0.25, -0.2) is 9.98 Å². The Bertz CT molecular complexity index is 2210. The molecule has 0 fully saturated rings. The lowest BCUT2D eigenvalue weighted by Gasteiger charge is -2.24. The number of nitrogens with zero attached hydrogens (tertiary/aromatic N) is 4. The Labute approximate surface area is 256 Å². The monoisotopic (exact) mass is 567 g/mol. The van der Waals surface area contributed by atoms with E-state index in [9.17, 15) is 0 Å². The normalized spacial score (nSPS) is 16.0. The highest BCUT2D eigenvalue weighted by molar-refractivity contribution is 6.16. The van der Waals surface area contributed by atoms with Gasteiger partial charge in [0, 0.05) is 45.3 Å². The van der Waals surface area contributed by atoms with Gasteiger partial charge in [0.2, 0.25) is 0 Å². The minimum Gasteiger partial charge on any atom is -0.313 e. The second-order valence-corrected chi connectivity index (χ2v) is 11.1. The largest absolute Gasteiger partial charge is 0.313 e. The molecule has 1 N–H and O–H groups in total. The van der Waals surface area contributed by atoms with Crippen LogP contribution in [0.2, 0.25) is 0 Å². The van der Waals surface area contributed by atoms with E-state index in [1.807, 2.05) is 48.5 Å². The first-order valence-electron chi connectivity index (χ1n) is 14.8. The van der Waals surface area contributed by atoms with Crippen LogP contribution in [0, 0.1) is 5.41 Å². The van der Waals surface area contributed by atoms with Crippen molar-refractivity contribution >= 4 is 51.6 Å². The summed E-state index contributed by atoms with van der Waals surface area (Å²) in [6.07, 6.45) is 8.26. The van der Waals surface area contributed by atoms with Gasteiger partial charge in [-0.3, -0.25) is 5.41 Å². The van der Waals surface area contributed by atoms with Crippen LogP contribution in [-0.2, 0) is 12.8 Å². The van der Waals surface area contributed by atoms with Crippen molar-refractivity contribution in [3.8, 4) is 5.69 Å². The number of aliphatic imine (C=N–C) groups is 2. The van der Waals surface area contributed by atoms with E-state index in [2.05, 4.69) is 111 Å². The molecule has 0 atom stereocenters. The summed E-state index contributed by atoms with van der Waals surface area (Å²) in [5, 5.41) is 11.2. The maximum Gasteiger partial charge on any atom is 0.163 e. The molecule has 0 unspecified atom stereocenters. The third-order valence-corrected chi connectivity index (χ3v) is 8.60. The summed E-state index contributed by atoms with van der Waals surface area (Å²) < 4.78 is 2.46. The lowest BCUT2D eigenvalue weighted by Crippen LogP contribution is -2.16. The average Bonchev–Trinajstić information content (AvgIpc) is 3.60. The standard InChI is InChI=1S/C39H29N5/c1-41-39(42-38(40)27-15-3-2-4-16-27)31-19-9-12-22-35(31)43-28-17-7-5-13-26-14-6-10-20-33(26)44-34-21-11-8-18-29(34)30-23-24-36(43)32(25-28)37(30)44/h2-12,14-24,40H,1,13,25H2/b7-5-,28-17+,40-38?,42-39-. The highest BCUT2D eigenvalue weighted by atomic mass is 15.2. The Morgan fingerprint density at radius 1 is 0.727 bits per heavy atom. The highest BCUT2D eigenvalue weighted by Gasteiger charge is 2.31. The number of anilines is 2. The predicted octanol–water partition coefficient (Wildman–Crippen LogP) is 8.95. The smallest absolute Gasteiger partial charge is 0.163 e. The summed E-state index contributed by atoms with van der Waals surface area (Å²) in [5.74, 6) is 0.568. The van der Waals surface area contributed by atoms with Crippen LogP contribution in [-0.4, -0.2) is 23.0 Å². The summed E-state index contributed by atoms with van der Waals surface area (Å²) in [5.41, 5.74) is 11.0. The van der Waals surface area contributed by atoms with E-state index in [0.717, 1.165) is 35.3 Å². The quantitative estimate of drug-likeness (QED) is 0.168. The fourth-order valence-corrected chi connectivity index (χ4v) is 6.66. The number of fused-ring (bicyclic) bond motifs is 6. The highest BCUT2D eigenvalue weighted by Crippen LogP contribution is 2.48. The van der Waals surface area contributed by atoms with Crippen LogP contribution in [0.1, 0.15) is 22.3 Å². The Kier molecular flexibility index (Phi) is 6.16. The van der Waals surface area contributed by atoms with Crippen molar-refractivity contribution in [2.75, 3.05) is 4.90 Å². The Morgan fingerprint density at radius 2 is 1.48 bits per heavy atom. The lowest BCUT2D eigenvalue weighted by molar-refractivity contribution is 1.10. The molecule has 44 heavy (non-hydrogen) atoms. The third kappa shape index (κ3) is 4.05. The number of hydrogen-bond donors (Lipinski definition) is 1. The van der Waals surface area contributed by atoms with Gasteiger partial charge in [-0.2, -0.15) is 0 Å². The fraction of sp³-hybridized carbons (Fsp3) is 0.0513. The first-order chi connectivity index (χ1) is 21.7. The molecule has 210 valence electrons. The number of amidine groups is 2. The maximum absolute atomic E-state index is 8.68. The number of benzene rings is 5. The molecule has 0 aliphatic carbocycles. The topological polar surface area (TPSA) is 56.7 Å². The minimum atomic E-state index is 0.148. The number of allylic oxidation sites excluding steroid dienone is 4. The van der Waals surface area contributed by atoms with Crippen molar-refractivity contribution in [1.29, 1.82) is 5.41 Å². The van der Waals surface area contributed by atoms with Crippen molar-refractivity contribution in [2.24, 2.45) is 9.98 Å². The molecule has 0 saturated heterocycles. The average molecular weight is 568 g/mol. The van der Waals surface area contributed by atoms with Gasteiger partial charge in [0.1, 0.15) is 0 Å². The Hall–Kier alpha value is -5.81. The van der Waals surface area contributed by atoms with E-state index < -0.39 is 0 Å². The van der Waals surface area contributed by atoms with Crippen LogP contribution in [0.25, 0.3) is 27.5 Å². The van der Waals surface area contributed by atoms with Gasteiger partial charge < -0.3 is 9.47 Å². The van der Waals surface area contributed by atoms with Crippen molar-refractivity contribution in [2.45, 2.75) is 12.8 Å². The molecule has 5 aromatic carbocycles. The second-order valence-electron chi connectivity index (χ2n) is 11.1. The summed E-state index contributed by atoms with van der Waals surface area (Å²) in [4.78, 5) is 11.3. The molecular formula is C39H29N5. The molecule has 0 amide bonds. The van der Waals surface area contributed by atoms with Crippen LogP contribution < -0.4 is 4.90 Å². The van der Waals surface area contributed by atoms with Crippen LogP contribution in [0.3, 0.4) is 0 Å². The Balaban J connectivity index is 1.38. The van der Waals surface area contributed by atoms with Gasteiger partial charge in [-0.05, 0) is 55.1 Å². The number of rotatable bonds is 3. The number of para-hydroxylation sites is 3. The minimum absolute atomic E-state index is 0.148.